The Morgan fingerprint density at radius 2 is 2.05 bits per heavy atom. The molecule has 2 unspecified atom stereocenters. The molecule has 3 heteroatoms. The summed E-state index contributed by atoms with van der Waals surface area (Å²) in [6, 6.07) is 7.40. The Labute approximate surface area is 122 Å². The van der Waals surface area contributed by atoms with Crippen LogP contribution in [-0.2, 0) is 0 Å². The van der Waals surface area contributed by atoms with Crippen LogP contribution < -0.4 is 5.32 Å². The van der Waals surface area contributed by atoms with Gasteiger partial charge in [-0.15, -0.1) is 0 Å². The third-order valence-electron chi connectivity index (χ3n) is 5.33. The standard InChI is InChI=1S/C17H27N3/c1-13(15-6-4-5-9-18-15)20-10-7-14(8-11-20)16-17(2,3)12-19-16/h4-6,9,13-14,16,19H,7-8,10-12H2,1-3H3. The number of aromatic nitrogens is 1. The number of nitrogens with one attached hydrogen (secondary N) is 1. The lowest BCUT2D eigenvalue weighted by Gasteiger charge is -2.52. The lowest BCUT2D eigenvalue weighted by molar-refractivity contribution is 0.0311. The van der Waals surface area contributed by atoms with Gasteiger partial charge in [0.2, 0.25) is 0 Å². The van der Waals surface area contributed by atoms with E-state index in [-0.39, 0.29) is 0 Å². The van der Waals surface area contributed by atoms with E-state index in [1.54, 1.807) is 0 Å². The Hall–Kier alpha value is -0.930. The highest BCUT2D eigenvalue weighted by atomic mass is 15.2. The van der Waals surface area contributed by atoms with Crippen LogP contribution >= 0.6 is 0 Å². The van der Waals surface area contributed by atoms with Crippen molar-refractivity contribution in [3.8, 4) is 0 Å². The molecule has 2 saturated heterocycles. The first-order chi connectivity index (χ1) is 9.58. The number of likely N-dealkylation sites (tertiary alicyclic amines) is 1. The molecule has 3 rings (SSSR count). The maximum atomic E-state index is 4.50. The van der Waals surface area contributed by atoms with Crippen LogP contribution in [0.5, 0.6) is 0 Å². The molecule has 2 fully saturated rings. The van der Waals surface area contributed by atoms with E-state index < -0.39 is 0 Å². The molecule has 1 aromatic heterocycles. The van der Waals surface area contributed by atoms with E-state index in [1.807, 2.05) is 12.3 Å². The molecule has 2 aliphatic heterocycles. The zero-order chi connectivity index (χ0) is 14.2. The van der Waals surface area contributed by atoms with Gasteiger partial charge in [-0.1, -0.05) is 19.9 Å². The van der Waals surface area contributed by atoms with Crippen LogP contribution in [0.3, 0.4) is 0 Å². The molecule has 0 aliphatic carbocycles. The van der Waals surface area contributed by atoms with Crippen LogP contribution in [0, 0.1) is 11.3 Å². The topological polar surface area (TPSA) is 28.2 Å². The molecule has 0 radical (unpaired) electrons. The third-order valence-corrected chi connectivity index (χ3v) is 5.33. The monoisotopic (exact) mass is 273 g/mol. The average molecular weight is 273 g/mol. The molecular formula is C17H27N3. The van der Waals surface area contributed by atoms with Crippen LogP contribution in [-0.4, -0.2) is 35.6 Å². The fourth-order valence-corrected chi connectivity index (χ4v) is 3.88. The molecule has 0 bridgehead atoms. The van der Waals surface area contributed by atoms with Gasteiger partial charge in [0, 0.05) is 24.8 Å². The van der Waals surface area contributed by atoms with Gasteiger partial charge in [-0.3, -0.25) is 9.88 Å². The molecule has 2 atom stereocenters. The summed E-state index contributed by atoms with van der Waals surface area (Å²) in [5, 5.41) is 3.65. The smallest absolute Gasteiger partial charge is 0.0572 e. The van der Waals surface area contributed by atoms with Crippen molar-refractivity contribution in [1.29, 1.82) is 0 Å². The summed E-state index contributed by atoms with van der Waals surface area (Å²) < 4.78 is 0. The van der Waals surface area contributed by atoms with Crippen molar-refractivity contribution in [1.82, 2.24) is 15.2 Å². The van der Waals surface area contributed by atoms with E-state index in [2.05, 4.69) is 48.1 Å². The third kappa shape index (κ3) is 2.61. The Balaban J connectivity index is 1.56. The lowest BCUT2D eigenvalue weighted by Crippen LogP contribution is -2.63. The first-order valence-corrected chi connectivity index (χ1v) is 7.96. The van der Waals surface area contributed by atoms with Gasteiger partial charge in [-0.05, 0) is 56.3 Å². The van der Waals surface area contributed by atoms with E-state index in [0.29, 0.717) is 11.5 Å². The molecule has 3 heterocycles. The normalized spacial score (nSPS) is 28.9. The second kappa shape index (κ2) is 5.45. The van der Waals surface area contributed by atoms with Crippen LogP contribution in [0.25, 0.3) is 0 Å². The van der Waals surface area contributed by atoms with Gasteiger partial charge in [-0.25, -0.2) is 0 Å². The van der Waals surface area contributed by atoms with Crippen molar-refractivity contribution in [2.24, 2.45) is 11.3 Å². The Kier molecular flexibility index (Phi) is 3.83. The van der Waals surface area contributed by atoms with Gasteiger partial charge in [0.25, 0.3) is 0 Å². The number of piperidine rings is 1. The number of hydrogen-bond acceptors (Lipinski definition) is 3. The van der Waals surface area contributed by atoms with Gasteiger partial charge in [0.1, 0.15) is 0 Å². The fourth-order valence-electron chi connectivity index (χ4n) is 3.88. The summed E-state index contributed by atoms with van der Waals surface area (Å²) in [5.74, 6) is 0.853. The van der Waals surface area contributed by atoms with Crippen molar-refractivity contribution in [2.45, 2.75) is 45.7 Å². The summed E-state index contributed by atoms with van der Waals surface area (Å²) >= 11 is 0. The highest BCUT2D eigenvalue weighted by Gasteiger charge is 2.43. The van der Waals surface area contributed by atoms with Gasteiger partial charge in [0.05, 0.1) is 5.69 Å². The Morgan fingerprint density at radius 1 is 1.30 bits per heavy atom. The summed E-state index contributed by atoms with van der Waals surface area (Å²) in [6.07, 6.45) is 4.54. The fraction of sp³-hybridized carbons (Fsp3) is 0.706. The van der Waals surface area contributed by atoms with E-state index in [4.69, 9.17) is 0 Å². The Bertz CT molecular complexity index is 435. The number of rotatable bonds is 3. The molecule has 110 valence electrons. The average Bonchev–Trinajstić information content (AvgIpc) is 2.47. The van der Waals surface area contributed by atoms with Crippen LogP contribution in [0.15, 0.2) is 24.4 Å². The molecule has 0 amide bonds. The quantitative estimate of drug-likeness (QED) is 0.918. The maximum Gasteiger partial charge on any atom is 0.0572 e. The van der Waals surface area contributed by atoms with Crippen LogP contribution in [0.2, 0.25) is 0 Å². The molecule has 3 nitrogen and oxygen atoms in total. The minimum absolute atomic E-state index is 0.444. The summed E-state index contributed by atoms with van der Waals surface area (Å²) in [7, 11) is 0. The zero-order valence-electron chi connectivity index (χ0n) is 13.0. The first kappa shape index (κ1) is 14.0. The first-order valence-electron chi connectivity index (χ1n) is 7.96. The Morgan fingerprint density at radius 3 is 2.55 bits per heavy atom. The van der Waals surface area contributed by atoms with Crippen molar-refractivity contribution < 1.29 is 0 Å². The summed E-state index contributed by atoms with van der Waals surface area (Å²) in [5.41, 5.74) is 1.70. The van der Waals surface area contributed by atoms with Gasteiger partial charge >= 0.3 is 0 Å². The lowest BCUT2D eigenvalue weighted by atomic mass is 9.68. The predicted octanol–water partition coefficient (Wildman–Crippen LogP) is 2.85. The SMILES string of the molecule is CC(c1ccccn1)N1CCC(C2NCC2(C)C)CC1. The maximum absolute atomic E-state index is 4.50. The van der Waals surface area contributed by atoms with Gasteiger partial charge in [0.15, 0.2) is 0 Å². The second-order valence-corrected chi connectivity index (χ2v) is 7.15. The van der Waals surface area contributed by atoms with Crippen molar-refractivity contribution in [3.05, 3.63) is 30.1 Å². The van der Waals surface area contributed by atoms with E-state index in [0.717, 1.165) is 12.0 Å². The molecule has 20 heavy (non-hydrogen) atoms. The number of nitrogens with zero attached hydrogens (tertiary/aromatic N) is 2. The molecule has 1 aromatic rings. The van der Waals surface area contributed by atoms with Crippen LogP contribution in [0.4, 0.5) is 0 Å². The van der Waals surface area contributed by atoms with Crippen molar-refractivity contribution in [2.75, 3.05) is 19.6 Å². The summed E-state index contributed by atoms with van der Waals surface area (Å²) in [6.45, 7) is 10.7. The van der Waals surface area contributed by atoms with Crippen molar-refractivity contribution in [3.63, 3.8) is 0 Å². The van der Waals surface area contributed by atoms with Gasteiger partial charge < -0.3 is 5.32 Å². The molecular weight excluding hydrogens is 246 g/mol. The number of pyridine rings is 1. The minimum atomic E-state index is 0.444. The second-order valence-electron chi connectivity index (χ2n) is 7.15. The highest BCUT2D eigenvalue weighted by Crippen LogP contribution is 2.38. The molecule has 0 saturated carbocycles. The van der Waals surface area contributed by atoms with E-state index in [1.165, 1.54) is 38.2 Å². The van der Waals surface area contributed by atoms with E-state index >= 15 is 0 Å². The predicted molar refractivity (Wildman–Crippen MR) is 82.5 cm³/mol. The molecule has 2 aliphatic rings. The molecule has 0 aromatic carbocycles. The van der Waals surface area contributed by atoms with E-state index in [9.17, 15) is 0 Å². The minimum Gasteiger partial charge on any atom is -0.313 e. The largest absolute Gasteiger partial charge is 0.313 e. The van der Waals surface area contributed by atoms with Crippen molar-refractivity contribution >= 4 is 0 Å². The molecule has 0 spiro atoms. The number of hydrogen-bond donors (Lipinski definition) is 1. The zero-order valence-corrected chi connectivity index (χ0v) is 13.0. The van der Waals surface area contributed by atoms with Gasteiger partial charge in [-0.2, -0.15) is 0 Å². The van der Waals surface area contributed by atoms with Crippen LogP contribution in [0.1, 0.15) is 45.3 Å². The highest BCUT2D eigenvalue weighted by molar-refractivity contribution is 5.08. The summed E-state index contributed by atoms with van der Waals surface area (Å²) in [4.78, 5) is 7.09. The molecule has 1 N–H and O–H groups in total.